The van der Waals surface area contributed by atoms with E-state index in [1.807, 2.05) is 18.2 Å². The van der Waals surface area contributed by atoms with Crippen LogP contribution in [0.15, 0.2) is 48.5 Å². The molecule has 4 rings (SSSR count). The lowest BCUT2D eigenvalue weighted by Gasteiger charge is -2.41. The van der Waals surface area contributed by atoms with E-state index in [0.717, 1.165) is 69.3 Å². The number of ether oxygens (including phenoxy) is 3. The van der Waals surface area contributed by atoms with Gasteiger partial charge in [-0.2, -0.15) is 0 Å². The second-order valence-corrected chi connectivity index (χ2v) is 7.87. The molecular weight excluding hydrogens is 364 g/mol. The number of hydrogen-bond donors (Lipinski definition) is 1. The summed E-state index contributed by atoms with van der Waals surface area (Å²) in [5, 5.41) is 3.48. The van der Waals surface area contributed by atoms with Gasteiger partial charge >= 0.3 is 0 Å². The third-order valence-electron chi connectivity index (χ3n) is 6.02. The summed E-state index contributed by atoms with van der Waals surface area (Å²) < 4.78 is 17.4. The summed E-state index contributed by atoms with van der Waals surface area (Å²) in [6, 6.07) is 17.1. The Morgan fingerprint density at radius 3 is 2.52 bits per heavy atom. The molecule has 2 aliphatic heterocycles. The quantitative estimate of drug-likeness (QED) is 0.774. The lowest BCUT2D eigenvalue weighted by atomic mass is 9.85. The monoisotopic (exact) mass is 396 g/mol. The number of hydrogen-bond acceptors (Lipinski definition) is 5. The summed E-state index contributed by atoms with van der Waals surface area (Å²) in [4.78, 5) is 2.63. The van der Waals surface area contributed by atoms with Gasteiger partial charge in [-0.05, 0) is 42.0 Å². The first kappa shape index (κ1) is 20.2. The van der Waals surface area contributed by atoms with Gasteiger partial charge in [0.1, 0.15) is 6.61 Å². The Hall–Kier alpha value is -2.08. The fourth-order valence-electron chi connectivity index (χ4n) is 4.50. The third-order valence-corrected chi connectivity index (χ3v) is 6.02. The second-order valence-electron chi connectivity index (χ2n) is 7.87. The molecule has 2 fully saturated rings. The van der Waals surface area contributed by atoms with Crippen molar-refractivity contribution in [1.82, 2.24) is 10.2 Å². The highest BCUT2D eigenvalue weighted by Crippen LogP contribution is 2.39. The highest BCUT2D eigenvalue weighted by Gasteiger charge is 2.31. The van der Waals surface area contributed by atoms with Gasteiger partial charge in [0.25, 0.3) is 0 Å². The zero-order valence-electron chi connectivity index (χ0n) is 17.3. The molecule has 0 spiro atoms. The Morgan fingerprint density at radius 1 is 1.03 bits per heavy atom. The van der Waals surface area contributed by atoms with Crippen molar-refractivity contribution >= 4 is 0 Å². The Morgan fingerprint density at radius 2 is 1.79 bits per heavy atom. The van der Waals surface area contributed by atoms with Crippen LogP contribution in [0.4, 0.5) is 0 Å². The predicted molar refractivity (Wildman–Crippen MR) is 114 cm³/mol. The molecule has 2 aromatic rings. The largest absolute Gasteiger partial charge is 0.493 e. The Labute approximate surface area is 174 Å². The first-order chi connectivity index (χ1) is 14.3. The van der Waals surface area contributed by atoms with Crippen molar-refractivity contribution in [2.45, 2.75) is 25.5 Å². The van der Waals surface area contributed by atoms with Gasteiger partial charge in [-0.25, -0.2) is 0 Å². The van der Waals surface area contributed by atoms with Crippen LogP contribution in [-0.4, -0.2) is 51.4 Å². The van der Waals surface area contributed by atoms with E-state index in [1.165, 1.54) is 5.56 Å². The second kappa shape index (κ2) is 10.1. The van der Waals surface area contributed by atoms with E-state index >= 15 is 0 Å². The topological polar surface area (TPSA) is 43.0 Å². The number of rotatable bonds is 7. The molecule has 1 atom stereocenters. The maximum atomic E-state index is 6.20. The van der Waals surface area contributed by atoms with Crippen molar-refractivity contribution in [3.63, 3.8) is 0 Å². The molecule has 0 radical (unpaired) electrons. The summed E-state index contributed by atoms with van der Waals surface area (Å²) in [5.74, 6) is 2.22. The highest BCUT2D eigenvalue weighted by molar-refractivity contribution is 5.44. The van der Waals surface area contributed by atoms with Gasteiger partial charge in [-0.1, -0.05) is 36.4 Å². The van der Waals surface area contributed by atoms with Gasteiger partial charge in [-0.3, -0.25) is 4.90 Å². The number of nitrogens with zero attached hydrogens (tertiary/aromatic N) is 1. The molecule has 1 N–H and O–H groups in total. The number of benzene rings is 2. The molecule has 0 bridgehead atoms. The van der Waals surface area contributed by atoms with Crippen LogP contribution in [0.5, 0.6) is 11.5 Å². The summed E-state index contributed by atoms with van der Waals surface area (Å²) >= 11 is 0. The molecule has 2 aliphatic rings. The maximum absolute atomic E-state index is 6.20. The predicted octanol–water partition coefficient (Wildman–Crippen LogP) is 3.65. The number of nitrogens with one attached hydrogen (secondary N) is 1. The molecule has 0 saturated carbocycles. The minimum atomic E-state index is 0.394. The molecular formula is C24H32N2O3. The van der Waals surface area contributed by atoms with Crippen LogP contribution in [0.3, 0.4) is 0 Å². The first-order valence-electron chi connectivity index (χ1n) is 10.7. The lowest BCUT2D eigenvalue weighted by Crippen LogP contribution is -2.47. The highest BCUT2D eigenvalue weighted by atomic mass is 16.5. The van der Waals surface area contributed by atoms with Crippen LogP contribution in [0, 0.1) is 5.92 Å². The SMILES string of the molecule is COc1ccc([C@@H](C2CCOCC2)N2CCNCC2)cc1OCc1ccccc1. The van der Waals surface area contributed by atoms with E-state index in [2.05, 4.69) is 40.5 Å². The summed E-state index contributed by atoms with van der Waals surface area (Å²) in [6.07, 6.45) is 2.22. The van der Waals surface area contributed by atoms with E-state index in [0.29, 0.717) is 18.6 Å². The maximum Gasteiger partial charge on any atom is 0.161 e. The average Bonchev–Trinajstić information content (AvgIpc) is 2.80. The van der Waals surface area contributed by atoms with E-state index < -0.39 is 0 Å². The number of piperazine rings is 1. The normalized spacial score (nSPS) is 19.6. The van der Waals surface area contributed by atoms with E-state index in [9.17, 15) is 0 Å². The van der Waals surface area contributed by atoms with Gasteiger partial charge in [0.15, 0.2) is 11.5 Å². The van der Waals surface area contributed by atoms with Crippen molar-refractivity contribution < 1.29 is 14.2 Å². The molecule has 2 aromatic carbocycles. The van der Waals surface area contributed by atoms with Crippen molar-refractivity contribution in [1.29, 1.82) is 0 Å². The molecule has 2 heterocycles. The fourth-order valence-corrected chi connectivity index (χ4v) is 4.50. The van der Waals surface area contributed by atoms with Crippen LogP contribution in [0.1, 0.15) is 30.0 Å². The molecule has 5 nitrogen and oxygen atoms in total. The van der Waals surface area contributed by atoms with Crippen LogP contribution in [0.25, 0.3) is 0 Å². The lowest BCUT2D eigenvalue weighted by molar-refractivity contribution is 0.0212. The molecule has 5 heteroatoms. The standard InChI is InChI=1S/C24H32N2O3/c1-27-22-8-7-21(17-23(22)29-18-19-5-3-2-4-6-19)24(20-9-15-28-16-10-20)26-13-11-25-12-14-26/h2-8,17,20,24-25H,9-16,18H2,1H3/t24-/m1/s1. The zero-order chi connectivity index (χ0) is 19.9. The van der Waals surface area contributed by atoms with Crippen LogP contribution < -0.4 is 14.8 Å². The summed E-state index contributed by atoms with van der Waals surface area (Å²) in [7, 11) is 1.71. The van der Waals surface area contributed by atoms with Crippen molar-refractivity contribution in [3.8, 4) is 11.5 Å². The van der Waals surface area contributed by atoms with Gasteiger partial charge < -0.3 is 19.5 Å². The molecule has 29 heavy (non-hydrogen) atoms. The van der Waals surface area contributed by atoms with Crippen LogP contribution in [-0.2, 0) is 11.3 Å². The zero-order valence-corrected chi connectivity index (χ0v) is 17.3. The first-order valence-corrected chi connectivity index (χ1v) is 10.7. The van der Waals surface area contributed by atoms with Crippen molar-refractivity contribution in [2.75, 3.05) is 46.5 Å². The molecule has 156 valence electrons. The summed E-state index contributed by atoms with van der Waals surface area (Å²) in [5.41, 5.74) is 2.48. The number of methoxy groups -OCH3 is 1. The molecule has 0 aliphatic carbocycles. The van der Waals surface area contributed by atoms with E-state index in [1.54, 1.807) is 7.11 Å². The van der Waals surface area contributed by atoms with Gasteiger partial charge in [0, 0.05) is 45.4 Å². The van der Waals surface area contributed by atoms with Gasteiger partial charge in [0.2, 0.25) is 0 Å². The molecule has 0 amide bonds. The summed E-state index contributed by atoms with van der Waals surface area (Å²) in [6.45, 7) is 6.51. The van der Waals surface area contributed by atoms with Gasteiger partial charge in [-0.15, -0.1) is 0 Å². The van der Waals surface area contributed by atoms with E-state index in [4.69, 9.17) is 14.2 Å². The fraction of sp³-hybridized carbons (Fsp3) is 0.500. The van der Waals surface area contributed by atoms with Crippen LogP contribution >= 0.6 is 0 Å². The molecule has 2 saturated heterocycles. The Balaban J connectivity index is 1.59. The molecule has 0 unspecified atom stereocenters. The Bertz CT molecular complexity index is 738. The minimum Gasteiger partial charge on any atom is -0.493 e. The Kier molecular flexibility index (Phi) is 7.04. The van der Waals surface area contributed by atoms with Crippen LogP contribution in [0.2, 0.25) is 0 Å². The van der Waals surface area contributed by atoms with Crippen molar-refractivity contribution in [2.24, 2.45) is 5.92 Å². The molecule has 0 aromatic heterocycles. The third kappa shape index (κ3) is 5.10. The van der Waals surface area contributed by atoms with E-state index in [-0.39, 0.29) is 0 Å². The van der Waals surface area contributed by atoms with Crippen molar-refractivity contribution in [3.05, 3.63) is 59.7 Å². The minimum absolute atomic E-state index is 0.394. The average molecular weight is 397 g/mol. The smallest absolute Gasteiger partial charge is 0.161 e. The van der Waals surface area contributed by atoms with Gasteiger partial charge in [0.05, 0.1) is 7.11 Å².